The molecule has 1 heterocycles. The number of carbonyl (C=O) groups is 1. The van der Waals surface area contributed by atoms with Crippen LogP contribution in [0, 0.1) is 0 Å². The van der Waals surface area contributed by atoms with Gasteiger partial charge in [-0.15, -0.1) is 0 Å². The molecule has 0 fully saturated rings. The minimum Gasteiger partial charge on any atom is -0.295 e. The molecule has 0 spiro atoms. The summed E-state index contributed by atoms with van der Waals surface area (Å²) in [6, 6.07) is 9.86. The van der Waals surface area contributed by atoms with Crippen LogP contribution in [0.25, 0.3) is 0 Å². The molecule has 0 aromatic heterocycles. The van der Waals surface area contributed by atoms with Gasteiger partial charge in [0.1, 0.15) is 6.61 Å². The average molecular weight is 233 g/mol. The van der Waals surface area contributed by atoms with E-state index in [9.17, 15) is 4.79 Å². The van der Waals surface area contributed by atoms with Gasteiger partial charge in [0.2, 0.25) is 0 Å². The van der Waals surface area contributed by atoms with Crippen molar-refractivity contribution in [2.24, 2.45) is 11.0 Å². The highest BCUT2D eigenvalue weighted by Gasteiger charge is 2.18. The summed E-state index contributed by atoms with van der Waals surface area (Å²) in [5, 5.41) is 5.76. The number of nitrogens with two attached hydrogens (primary N) is 1. The second-order valence-corrected chi connectivity index (χ2v) is 3.84. The maximum absolute atomic E-state index is 11.6. The Kier molecular flexibility index (Phi) is 3.85. The molecule has 1 aliphatic rings. The van der Waals surface area contributed by atoms with E-state index in [4.69, 9.17) is 5.90 Å². The molecule has 90 valence electrons. The van der Waals surface area contributed by atoms with Crippen molar-refractivity contribution in [2.75, 3.05) is 13.2 Å². The van der Waals surface area contributed by atoms with Crippen LogP contribution in [0.3, 0.4) is 0 Å². The van der Waals surface area contributed by atoms with Crippen molar-refractivity contribution in [3.8, 4) is 0 Å². The number of rotatable bonds is 3. The molecule has 5 nitrogen and oxygen atoms in total. The number of carbonyl (C=O) groups excluding carboxylic acids is 1. The Bertz CT molecular complexity index is 417. The molecule has 1 aromatic rings. The first-order chi connectivity index (χ1) is 8.31. The third-order valence-electron chi connectivity index (χ3n) is 2.63. The Morgan fingerprint density at radius 3 is 2.88 bits per heavy atom. The van der Waals surface area contributed by atoms with Crippen LogP contribution in [0.4, 0.5) is 0 Å². The van der Waals surface area contributed by atoms with Crippen molar-refractivity contribution >= 4 is 11.6 Å². The van der Waals surface area contributed by atoms with E-state index in [1.165, 1.54) is 5.01 Å². The van der Waals surface area contributed by atoms with Gasteiger partial charge in [0.05, 0.1) is 5.71 Å². The van der Waals surface area contributed by atoms with E-state index in [0.717, 1.165) is 24.1 Å². The quantitative estimate of drug-likeness (QED) is 0.789. The highest BCUT2D eigenvalue weighted by Crippen LogP contribution is 2.13. The predicted octanol–water partition coefficient (Wildman–Crippen LogP) is 0.903. The molecule has 0 radical (unpaired) electrons. The molecular weight excluding hydrogens is 218 g/mol. The van der Waals surface area contributed by atoms with Gasteiger partial charge in [-0.3, -0.25) is 9.63 Å². The van der Waals surface area contributed by atoms with E-state index in [2.05, 4.69) is 9.94 Å². The van der Waals surface area contributed by atoms with Crippen molar-refractivity contribution in [2.45, 2.75) is 12.8 Å². The Labute approximate surface area is 99.8 Å². The third-order valence-corrected chi connectivity index (χ3v) is 2.63. The fraction of sp³-hybridized carbons (Fsp3) is 0.333. The van der Waals surface area contributed by atoms with Crippen molar-refractivity contribution in [1.82, 2.24) is 5.01 Å². The van der Waals surface area contributed by atoms with Crippen molar-refractivity contribution in [3.05, 3.63) is 35.9 Å². The molecule has 2 N–H and O–H groups in total. The molecule has 0 saturated carbocycles. The predicted molar refractivity (Wildman–Crippen MR) is 64.1 cm³/mol. The van der Waals surface area contributed by atoms with Gasteiger partial charge in [-0.1, -0.05) is 30.3 Å². The van der Waals surface area contributed by atoms with E-state index in [-0.39, 0.29) is 12.5 Å². The number of hydrogen-bond acceptors (Lipinski definition) is 4. The molecular formula is C12H15N3O2. The monoisotopic (exact) mass is 233 g/mol. The van der Waals surface area contributed by atoms with E-state index in [1.807, 2.05) is 30.3 Å². The molecule has 0 aliphatic carbocycles. The maximum atomic E-state index is 11.6. The van der Waals surface area contributed by atoms with Gasteiger partial charge < -0.3 is 0 Å². The zero-order valence-corrected chi connectivity index (χ0v) is 9.50. The van der Waals surface area contributed by atoms with Crippen LogP contribution in [0.5, 0.6) is 0 Å². The lowest BCUT2D eigenvalue weighted by Gasteiger charge is -2.23. The van der Waals surface area contributed by atoms with Crippen LogP contribution in [-0.4, -0.2) is 29.8 Å². The molecule has 1 aliphatic heterocycles. The van der Waals surface area contributed by atoms with Crippen molar-refractivity contribution in [1.29, 1.82) is 0 Å². The lowest BCUT2D eigenvalue weighted by Crippen LogP contribution is -2.35. The molecule has 2 rings (SSSR count). The first-order valence-corrected chi connectivity index (χ1v) is 5.56. The first-order valence-electron chi connectivity index (χ1n) is 5.56. The number of benzene rings is 1. The van der Waals surface area contributed by atoms with E-state index >= 15 is 0 Å². The summed E-state index contributed by atoms with van der Waals surface area (Å²) in [5.74, 6) is 4.68. The van der Waals surface area contributed by atoms with E-state index in [1.54, 1.807) is 0 Å². The van der Waals surface area contributed by atoms with Crippen molar-refractivity contribution < 1.29 is 9.63 Å². The van der Waals surface area contributed by atoms with Crippen LogP contribution >= 0.6 is 0 Å². The lowest BCUT2D eigenvalue weighted by atomic mass is 10.0. The highest BCUT2D eigenvalue weighted by atomic mass is 16.6. The Morgan fingerprint density at radius 2 is 2.18 bits per heavy atom. The fourth-order valence-corrected chi connectivity index (χ4v) is 1.80. The average Bonchev–Trinajstić information content (AvgIpc) is 2.40. The number of nitrogens with zero attached hydrogens (tertiary/aromatic N) is 2. The third kappa shape index (κ3) is 2.89. The van der Waals surface area contributed by atoms with Crippen LogP contribution in [0.15, 0.2) is 35.4 Å². The van der Waals surface area contributed by atoms with Gasteiger partial charge in [0.15, 0.2) is 0 Å². The molecule has 1 aromatic carbocycles. The van der Waals surface area contributed by atoms with Gasteiger partial charge >= 0.3 is 0 Å². The summed E-state index contributed by atoms with van der Waals surface area (Å²) in [6.07, 6.45) is 1.79. The van der Waals surface area contributed by atoms with Crippen LogP contribution < -0.4 is 5.90 Å². The second kappa shape index (κ2) is 5.56. The first kappa shape index (κ1) is 11.8. The van der Waals surface area contributed by atoms with Gasteiger partial charge in [0.25, 0.3) is 5.91 Å². The van der Waals surface area contributed by atoms with Crippen LogP contribution in [0.1, 0.15) is 18.4 Å². The van der Waals surface area contributed by atoms with E-state index < -0.39 is 0 Å². The summed E-state index contributed by atoms with van der Waals surface area (Å²) < 4.78 is 0. The second-order valence-electron chi connectivity index (χ2n) is 3.84. The normalized spacial score (nSPS) is 15.6. The largest absolute Gasteiger partial charge is 0.295 e. The van der Waals surface area contributed by atoms with Gasteiger partial charge in [-0.2, -0.15) is 5.10 Å². The molecule has 17 heavy (non-hydrogen) atoms. The smallest absolute Gasteiger partial charge is 0.270 e. The number of amides is 1. The molecule has 0 bridgehead atoms. The summed E-state index contributed by atoms with van der Waals surface area (Å²) in [4.78, 5) is 15.9. The maximum Gasteiger partial charge on any atom is 0.270 e. The molecule has 0 saturated heterocycles. The molecule has 5 heteroatoms. The Morgan fingerprint density at radius 1 is 1.41 bits per heavy atom. The lowest BCUT2D eigenvalue weighted by molar-refractivity contribution is -0.136. The number of hydrazone groups is 1. The standard InChI is InChI=1S/C12H15N3O2/c13-17-9-12(16)15-8-4-7-11(14-15)10-5-2-1-3-6-10/h1-3,5-6H,4,7-9,13H2. The minimum absolute atomic E-state index is 0.133. The van der Waals surface area contributed by atoms with Crippen LogP contribution in [0.2, 0.25) is 0 Å². The molecule has 1 amide bonds. The van der Waals surface area contributed by atoms with Gasteiger partial charge in [0, 0.05) is 6.54 Å². The summed E-state index contributed by atoms with van der Waals surface area (Å²) >= 11 is 0. The number of hydrogen-bond donors (Lipinski definition) is 1. The topological polar surface area (TPSA) is 67.9 Å². The molecule has 0 atom stereocenters. The van der Waals surface area contributed by atoms with Gasteiger partial charge in [-0.05, 0) is 18.4 Å². The highest BCUT2D eigenvalue weighted by molar-refractivity contribution is 6.01. The Balaban J connectivity index is 2.16. The summed E-state index contributed by atoms with van der Waals surface area (Å²) in [7, 11) is 0. The summed E-state index contributed by atoms with van der Waals surface area (Å²) in [6.45, 7) is 0.490. The fourth-order valence-electron chi connectivity index (χ4n) is 1.80. The van der Waals surface area contributed by atoms with E-state index in [0.29, 0.717) is 6.54 Å². The zero-order chi connectivity index (χ0) is 12.1. The molecule has 0 unspecified atom stereocenters. The van der Waals surface area contributed by atoms with Gasteiger partial charge in [-0.25, -0.2) is 10.9 Å². The zero-order valence-electron chi connectivity index (χ0n) is 9.50. The minimum atomic E-state index is -0.208. The van der Waals surface area contributed by atoms with Crippen LogP contribution in [-0.2, 0) is 9.63 Å². The van der Waals surface area contributed by atoms with Crippen molar-refractivity contribution in [3.63, 3.8) is 0 Å². The SMILES string of the molecule is NOCC(=O)N1CCCC(c2ccccc2)=N1. The Hall–Kier alpha value is -1.72. The summed E-state index contributed by atoms with van der Waals surface area (Å²) in [5.41, 5.74) is 1.99.